The Bertz CT molecular complexity index is 1250. The van der Waals surface area contributed by atoms with Crippen LogP contribution in [0.15, 0.2) is 60.7 Å². The van der Waals surface area contributed by atoms with Crippen molar-refractivity contribution in [1.29, 1.82) is 0 Å². The van der Waals surface area contributed by atoms with Crippen molar-refractivity contribution in [3.8, 4) is 5.75 Å². The maximum absolute atomic E-state index is 12.0. The van der Waals surface area contributed by atoms with Crippen LogP contribution in [0.1, 0.15) is 37.6 Å². The van der Waals surface area contributed by atoms with Crippen LogP contribution in [0.25, 0.3) is 16.6 Å². The second kappa shape index (κ2) is 9.57. The van der Waals surface area contributed by atoms with Crippen molar-refractivity contribution in [3.63, 3.8) is 0 Å². The van der Waals surface area contributed by atoms with Gasteiger partial charge in [0.2, 0.25) is 0 Å². The topological polar surface area (TPSA) is 69.7 Å². The first-order valence-electron chi connectivity index (χ1n) is 11.9. The van der Waals surface area contributed by atoms with Gasteiger partial charge in [0.15, 0.2) is 20.2 Å². The van der Waals surface area contributed by atoms with E-state index in [0.29, 0.717) is 6.61 Å². The molecular formula is C28H34N2O4Si. The molecular weight excluding hydrogens is 456 g/mol. The van der Waals surface area contributed by atoms with Crippen molar-refractivity contribution in [1.82, 2.24) is 10.5 Å². The van der Waals surface area contributed by atoms with Crippen LogP contribution in [0.4, 0.5) is 0 Å². The summed E-state index contributed by atoms with van der Waals surface area (Å²) in [6.07, 6.45) is 2.60. The molecule has 3 aromatic rings. The van der Waals surface area contributed by atoms with Gasteiger partial charge in [-0.1, -0.05) is 39.0 Å². The maximum atomic E-state index is 12.0. The molecule has 2 aromatic carbocycles. The van der Waals surface area contributed by atoms with Crippen molar-refractivity contribution in [2.75, 3.05) is 6.61 Å². The fraction of sp³-hybridized carbons (Fsp3) is 0.357. The van der Waals surface area contributed by atoms with E-state index in [4.69, 9.17) is 14.0 Å². The minimum Gasteiger partial charge on any atom is -0.489 e. The van der Waals surface area contributed by atoms with Gasteiger partial charge in [-0.15, -0.1) is 0 Å². The first-order valence-corrected chi connectivity index (χ1v) is 14.8. The van der Waals surface area contributed by atoms with Crippen LogP contribution in [-0.4, -0.2) is 31.8 Å². The number of carbonyl (C=O) groups is 1. The third kappa shape index (κ3) is 5.47. The number of fused-ring (bicyclic) bond motifs is 1. The van der Waals surface area contributed by atoms with E-state index in [1.807, 2.05) is 49.4 Å². The summed E-state index contributed by atoms with van der Waals surface area (Å²) < 4.78 is 12.3. The van der Waals surface area contributed by atoms with Gasteiger partial charge in [0, 0.05) is 16.6 Å². The molecule has 0 saturated carbocycles. The Kier molecular flexibility index (Phi) is 6.86. The predicted molar refractivity (Wildman–Crippen MR) is 141 cm³/mol. The molecule has 6 nitrogen and oxygen atoms in total. The molecule has 35 heavy (non-hydrogen) atoms. The third-order valence-corrected chi connectivity index (χ3v) is 11.4. The summed E-state index contributed by atoms with van der Waals surface area (Å²) in [5.74, 6) is 0.759. The summed E-state index contributed by atoms with van der Waals surface area (Å²) in [5, 5.41) is 1.14. The number of hydroxylamine groups is 1. The van der Waals surface area contributed by atoms with E-state index in [0.717, 1.165) is 45.5 Å². The molecule has 1 aliphatic heterocycles. The Morgan fingerprint density at radius 1 is 1.11 bits per heavy atom. The molecule has 0 saturated heterocycles. The van der Waals surface area contributed by atoms with Crippen LogP contribution < -0.4 is 10.2 Å². The number of rotatable bonds is 8. The summed E-state index contributed by atoms with van der Waals surface area (Å²) >= 11 is 0. The number of hydrogen-bond donors (Lipinski definition) is 1. The van der Waals surface area contributed by atoms with Crippen molar-refractivity contribution < 1.29 is 18.8 Å². The van der Waals surface area contributed by atoms with Gasteiger partial charge < -0.3 is 9.16 Å². The number of pyridine rings is 1. The summed E-state index contributed by atoms with van der Waals surface area (Å²) in [7, 11) is -2.02. The quantitative estimate of drug-likeness (QED) is 0.310. The molecule has 4 rings (SSSR count). The van der Waals surface area contributed by atoms with Gasteiger partial charge in [-0.05, 0) is 73.1 Å². The zero-order valence-electron chi connectivity index (χ0n) is 21.3. The van der Waals surface area contributed by atoms with E-state index in [1.54, 1.807) is 6.08 Å². The average molecular weight is 491 g/mol. The van der Waals surface area contributed by atoms with E-state index in [9.17, 15) is 4.79 Å². The van der Waals surface area contributed by atoms with Gasteiger partial charge in [0.1, 0.15) is 12.4 Å². The number of nitrogens with zero attached hydrogens (tertiary/aromatic N) is 1. The lowest BCUT2D eigenvalue weighted by molar-refractivity contribution is -0.132. The molecule has 0 radical (unpaired) electrons. The molecule has 0 fully saturated rings. The molecule has 2 heterocycles. The molecule has 1 atom stereocenters. The fourth-order valence-electron chi connectivity index (χ4n) is 3.67. The molecule has 1 aromatic heterocycles. The predicted octanol–water partition coefficient (Wildman–Crippen LogP) is 5.96. The highest BCUT2D eigenvalue weighted by Crippen LogP contribution is 2.38. The van der Waals surface area contributed by atoms with Gasteiger partial charge in [-0.25, -0.2) is 0 Å². The molecule has 184 valence electrons. The van der Waals surface area contributed by atoms with E-state index in [1.165, 1.54) is 0 Å². The fourth-order valence-corrected chi connectivity index (χ4v) is 4.69. The molecule has 1 unspecified atom stereocenters. The van der Waals surface area contributed by atoms with Gasteiger partial charge in [0.05, 0.1) is 17.8 Å². The third-order valence-electron chi connectivity index (χ3n) is 6.89. The van der Waals surface area contributed by atoms with Crippen LogP contribution >= 0.6 is 0 Å². The number of carbonyl (C=O) groups excluding carboxylic acids is 1. The van der Waals surface area contributed by atoms with E-state index in [2.05, 4.69) is 56.5 Å². The van der Waals surface area contributed by atoms with Crippen LogP contribution in [0.2, 0.25) is 18.1 Å². The first kappa shape index (κ1) is 25.1. The Morgan fingerprint density at radius 3 is 2.51 bits per heavy atom. The molecule has 0 amide bonds. The lowest BCUT2D eigenvalue weighted by atomic mass is 10.0. The van der Waals surface area contributed by atoms with E-state index in [-0.39, 0.29) is 11.6 Å². The zero-order valence-corrected chi connectivity index (χ0v) is 22.3. The summed E-state index contributed by atoms with van der Waals surface area (Å²) in [5.41, 5.74) is 6.44. The van der Waals surface area contributed by atoms with Crippen molar-refractivity contribution in [2.24, 2.45) is 0 Å². The van der Waals surface area contributed by atoms with Crippen LogP contribution in [0.5, 0.6) is 5.75 Å². The highest BCUT2D eigenvalue weighted by Gasteiger charge is 2.42. The number of benzene rings is 2. The van der Waals surface area contributed by atoms with Gasteiger partial charge >= 0.3 is 0 Å². The number of ether oxygens (including phenoxy) is 1. The van der Waals surface area contributed by atoms with Crippen molar-refractivity contribution in [3.05, 3.63) is 77.5 Å². The Hall–Kier alpha value is -3.00. The molecule has 7 heteroatoms. The van der Waals surface area contributed by atoms with E-state index >= 15 is 0 Å². The molecule has 1 aliphatic rings. The Balaban J connectivity index is 1.44. The largest absolute Gasteiger partial charge is 0.489 e. The monoisotopic (exact) mass is 490 g/mol. The van der Waals surface area contributed by atoms with Gasteiger partial charge in [-0.2, -0.15) is 0 Å². The maximum Gasteiger partial charge on any atom is 0.193 e. The van der Waals surface area contributed by atoms with E-state index < -0.39 is 13.9 Å². The lowest BCUT2D eigenvalue weighted by Crippen LogP contribution is -2.47. The number of aromatic nitrogens is 1. The minimum atomic E-state index is -2.02. The number of para-hydroxylation sites is 1. The van der Waals surface area contributed by atoms with Crippen molar-refractivity contribution in [2.45, 2.75) is 58.0 Å². The standard InChI is InChI=1S/C28H34N2O4Si/c1-20-15-22(24-9-7-8-10-25(24)29-20)17-32-23-13-11-21(12-14-23)26-16-28(18-31,34-30-26)19-33-35(5,6)27(2,3)4/h7-16,18,30H,17,19H2,1-6H3. The highest BCUT2D eigenvalue weighted by atomic mass is 28.4. The van der Waals surface area contributed by atoms with Gasteiger partial charge in [0.25, 0.3) is 0 Å². The molecule has 0 spiro atoms. The number of nitrogens with one attached hydrogen (secondary N) is 1. The smallest absolute Gasteiger partial charge is 0.193 e. The molecule has 1 N–H and O–H groups in total. The number of aldehydes is 1. The van der Waals surface area contributed by atoms with Crippen molar-refractivity contribution >= 4 is 31.2 Å². The zero-order chi connectivity index (χ0) is 25.3. The summed E-state index contributed by atoms with van der Waals surface area (Å²) in [4.78, 5) is 22.3. The Labute approximate surface area is 208 Å². The normalized spacial score (nSPS) is 18.3. The Morgan fingerprint density at radius 2 is 1.83 bits per heavy atom. The highest BCUT2D eigenvalue weighted by molar-refractivity contribution is 6.74. The molecule has 0 aliphatic carbocycles. The number of aryl methyl sites for hydroxylation is 1. The van der Waals surface area contributed by atoms with Crippen LogP contribution in [0.3, 0.4) is 0 Å². The summed E-state index contributed by atoms with van der Waals surface area (Å²) in [6, 6.07) is 17.9. The second-order valence-electron chi connectivity index (χ2n) is 10.6. The lowest BCUT2D eigenvalue weighted by Gasteiger charge is -2.37. The van der Waals surface area contributed by atoms with Crippen LogP contribution in [-0.2, 0) is 20.7 Å². The average Bonchev–Trinajstić information content (AvgIpc) is 3.26. The number of hydrogen-bond acceptors (Lipinski definition) is 6. The minimum absolute atomic E-state index is 0.0483. The first-order chi connectivity index (χ1) is 16.5. The van der Waals surface area contributed by atoms with Gasteiger partial charge in [-0.3, -0.25) is 20.1 Å². The summed E-state index contributed by atoms with van der Waals surface area (Å²) in [6.45, 7) is 13.5. The SMILES string of the molecule is Cc1cc(COc2ccc(C3=CC(C=O)(CO[Si](C)(C)C(C)(C)C)ON3)cc2)c2ccccc2n1. The molecule has 0 bridgehead atoms. The van der Waals surface area contributed by atoms with Crippen LogP contribution in [0, 0.1) is 6.92 Å². The second-order valence-corrected chi connectivity index (χ2v) is 15.4.